The number of likely N-dealkylation sites (N-methyl/N-ethyl adjacent to an activating group) is 1. The number of benzene rings is 1. The molecule has 1 saturated carbocycles. The van der Waals surface area contributed by atoms with E-state index in [0.29, 0.717) is 18.8 Å². The van der Waals surface area contributed by atoms with Crippen LogP contribution in [0.5, 0.6) is 5.75 Å². The molecule has 1 heterocycles. The number of thioether (sulfide) groups is 1. The van der Waals surface area contributed by atoms with Gasteiger partial charge in [-0.15, -0.1) is 11.8 Å². The monoisotopic (exact) mass is 348 g/mol. The molecule has 24 heavy (non-hydrogen) atoms. The molecule has 0 radical (unpaired) electrons. The summed E-state index contributed by atoms with van der Waals surface area (Å²) in [5, 5.41) is -0.0409. The first kappa shape index (κ1) is 17.1. The van der Waals surface area contributed by atoms with Crippen molar-refractivity contribution < 1.29 is 14.3 Å². The first-order valence-electron chi connectivity index (χ1n) is 8.40. The fourth-order valence-electron chi connectivity index (χ4n) is 3.16. The smallest absolute Gasteiger partial charge is 0.233 e. The van der Waals surface area contributed by atoms with Crippen molar-refractivity contribution in [2.45, 2.75) is 24.6 Å². The van der Waals surface area contributed by atoms with Crippen LogP contribution in [0.25, 0.3) is 0 Å². The molecule has 5 nitrogen and oxygen atoms in total. The van der Waals surface area contributed by atoms with Crippen LogP contribution in [0.4, 0.5) is 0 Å². The van der Waals surface area contributed by atoms with E-state index in [9.17, 15) is 9.59 Å². The van der Waals surface area contributed by atoms with Crippen molar-refractivity contribution >= 4 is 23.6 Å². The molecule has 6 heteroatoms. The summed E-state index contributed by atoms with van der Waals surface area (Å²) in [6, 6.07) is 7.82. The Labute approximate surface area is 147 Å². The summed E-state index contributed by atoms with van der Waals surface area (Å²) in [6.45, 7) is 1.14. The highest BCUT2D eigenvalue weighted by atomic mass is 32.2. The Morgan fingerprint density at radius 1 is 1.38 bits per heavy atom. The molecule has 0 bridgehead atoms. The summed E-state index contributed by atoms with van der Waals surface area (Å²) < 4.78 is 5.44. The van der Waals surface area contributed by atoms with Gasteiger partial charge in [-0.3, -0.25) is 9.59 Å². The van der Waals surface area contributed by atoms with E-state index in [1.165, 1.54) is 0 Å². The lowest BCUT2D eigenvalue weighted by Crippen LogP contribution is -2.41. The summed E-state index contributed by atoms with van der Waals surface area (Å²) in [5.74, 6) is 1.82. The van der Waals surface area contributed by atoms with Gasteiger partial charge in [-0.05, 0) is 18.9 Å². The average molecular weight is 348 g/mol. The van der Waals surface area contributed by atoms with E-state index in [4.69, 9.17) is 4.74 Å². The molecular weight excluding hydrogens is 324 g/mol. The summed E-state index contributed by atoms with van der Waals surface area (Å²) >= 11 is 1.62. The zero-order valence-corrected chi connectivity index (χ0v) is 15.1. The van der Waals surface area contributed by atoms with Gasteiger partial charge < -0.3 is 14.5 Å². The molecular formula is C18H24N2O3S. The van der Waals surface area contributed by atoms with Crippen molar-refractivity contribution in [3.63, 3.8) is 0 Å². The van der Waals surface area contributed by atoms with E-state index < -0.39 is 0 Å². The van der Waals surface area contributed by atoms with Gasteiger partial charge >= 0.3 is 0 Å². The maximum atomic E-state index is 12.3. The second-order valence-electron chi connectivity index (χ2n) is 6.38. The second-order valence-corrected chi connectivity index (χ2v) is 7.45. The van der Waals surface area contributed by atoms with Crippen LogP contribution in [0, 0.1) is 5.92 Å². The van der Waals surface area contributed by atoms with Gasteiger partial charge in [0.05, 0.1) is 12.9 Å². The van der Waals surface area contributed by atoms with Gasteiger partial charge in [0.25, 0.3) is 0 Å². The maximum Gasteiger partial charge on any atom is 0.233 e. The van der Waals surface area contributed by atoms with Crippen molar-refractivity contribution in [1.82, 2.24) is 9.80 Å². The van der Waals surface area contributed by atoms with E-state index in [1.807, 2.05) is 36.2 Å². The first-order valence-corrected chi connectivity index (χ1v) is 9.45. The third kappa shape index (κ3) is 3.38. The van der Waals surface area contributed by atoms with Crippen LogP contribution < -0.4 is 4.74 Å². The second kappa shape index (κ2) is 7.47. The third-order valence-corrected chi connectivity index (χ3v) is 6.12. The number of hydrogen-bond donors (Lipinski definition) is 0. The topological polar surface area (TPSA) is 49.9 Å². The zero-order chi connectivity index (χ0) is 17.1. The Balaban J connectivity index is 1.66. The molecule has 1 aromatic rings. The Bertz CT molecular complexity index is 618. The fraction of sp³-hybridized carbons (Fsp3) is 0.556. The number of hydrogen-bond acceptors (Lipinski definition) is 4. The summed E-state index contributed by atoms with van der Waals surface area (Å²) in [5.41, 5.74) is 1.02. The minimum absolute atomic E-state index is 0.0409. The molecule has 0 aromatic heterocycles. The molecule has 0 spiro atoms. The number of rotatable bonds is 6. The van der Waals surface area contributed by atoms with Crippen LogP contribution in [0.1, 0.15) is 30.2 Å². The number of carbonyl (C=O) groups is 2. The Kier molecular flexibility index (Phi) is 5.33. The van der Waals surface area contributed by atoms with Gasteiger partial charge in [-0.25, -0.2) is 0 Å². The lowest BCUT2D eigenvalue weighted by atomic mass is 9.84. The quantitative estimate of drug-likeness (QED) is 0.793. The van der Waals surface area contributed by atoms with E-state index in [0.717, 1.165) is 30.6 Å². The highest BCUT2D eigenvalue weighted by molar-refractivity contribution is 8.00. The van der Waals surface area contributed by atoms with Crippen LogP contribution in [0.2, 0.25) is 0 Å². The summed E-state index contributed by atoms with van der Waals surface area (Å²) in [6.07, 6.45) is 3.17. The van der Waals surface area contributed by atoms with Crippen molar-refractivity contribution in [3.8, 4) is 5.75 Å². The molecule has 2 aliphatic rings. The Hall–Kier alpha value is -1.69. The fourth-order valence-corrected chi connectivity index (χ4v) is 4.40. The van der Waals surface area contributed by atoms with Crippen molar-refractivity contribution in [1.29, 1.82) is 0 Å². The molecule has 1 atom stereocenters. The van der Waals surface area contributed by atoms with Crippen LogP contribution >= 0.6 is 11.8 Å². The van der Waals surface area contributed by atoms with Gasteiger partial charge in [0.2, 0.25) is 11.8 Å². The Morgan fingerprint density at radius 2 is 2.12 bits per heavy atom. The molecule has 3 rings (SSSR count). The van der Waals surface area contributed by atoms with E-state index >= 15 is 0 Å². The largest absolute Gasteiger partial charge is 0.496 e. The SMILES string of the molecule is COc1ccccc1C1SCC(=O)N1CCN(C)C(=O)C1CCC1. The highest BCUT2D eigenvalue weighted by Crippen LogP contribution is 2.42. The van der Waals surface area contributed by atoms with Crippen LogP contribution in [0.3, 0.4) is 0 Å². The van der Waals surface area contributed by atoms with Crippen molar-refractivity contribution in [2.75, 3.05) is 33.0 Å². The van der Waals surface area contributed by atoms with Crippen molar-refractivity contribution in [3.05, 3.63) is 29.8 Å². The number of para-hydroxylation sites is 1. The number of amides is 2. The molecule has 2 amide bonds. The van der Waals surface area contributed by atoms with Gasteiger partial charge in [0, 0.05) is 31.6 Å². The minimum atomic E-state index is -0.0409. The number of carbonyl (C=O) groups excluding carboxylic acids is 2. The molecule has 0 N–H and O–H groups in total. The van der Waals surface area contributed by atoms with Crippen LogP contribution in [0.15, 0.2) is 24.3 Å². The molecule has 1 unspecified atom stereocenters. The van der Waals surface area contributed by atoms with Gasteiger partial charge in [0.1, 0.15) is 11.1 Å². The first-order chi connectivity index (χ1) is 11.6. The van der Waals surface area contributed by atoms with Gasteiger partial charge in [-0.2, -0.15) is 0 Å². The highest BCUT2D eigenvalue weighted by Gasteiger charge is 2.35. The van der Waals surface area contributed by atoms with Crippen molar-refractivity contribution in [2.24, 2.45) is 5.92 Å². The average Bonchev–Trinajstić information content (AvgIpc) is 2.91. The molecule has 1 aliphatic heterocycles. The molecule has 2 fully saturated rings. The maximum absolute atomic E-state index is 12.3. The lowest BCUT2D eigenvalue weighted by Gasteiger charge is -2.31. The van der Waals surface area contributed by atoms with Gasteiger partial charge in [-0.1, -0.05) is 24.6 Å². The standard InChI is InChI=1S/C18H24N2O3S/c1-19(17(22)13-6-5-7-13)10-11-20-16(21)12-24-18(20)14-8-3-4-9-15(14)23-2/h3-4,8-9,13,18H,5-7,10-12H2,1-2H3. The zero-order valence-electron chi connectivity index (χ0n) is 14.2. The predicted octanol–water partition coefficient (Wildman–Crippen LogP) is 2.53. The number of nitrogens with zero attached hydrogens (tertiary/aromatic N) is 2. The molecule has 1 aliphatic carbocycles. The molecule has 1 saturated heterocycles. The van der Waals surface area contributed by atoms with Crippen LogP contribution in [-0.2, 0) is 9.59 Å². The summed E-state index contributed by atoms with van der Waals surface area (Å²) in [4.78, 5) is 28.2. The Morgan fingerprint density at radius 3 is 2.79 bits per heavy atom. The van der Waals surface area contributed by atoms with E-state index in [-0.39, 0.29) is 23.1 Å². The molecule has 130 valence electrons. The van der Waals surface area contributed by atoms with E-state index in [2.05, 4.69) is 0 Å². The third-order valence-electron chi connectivity index (χ3n) is 4.88. The van der Waals surface area contributed by atoms with Gasteiger partial charge in [0.15, 0.2) is 0 Å². The van der Waals surface area contributed by atoms with Crippen LogP contribution in [-0.4, -0.2) is 54.6 Å². The summed E-state index contributed by atoms with van der Waals surface area (Å²) in [7, 11) is 3.49. The lowest BCUT2D eigenvalue weighted by molar-refractivity contribution is -0.138. The number of methoxy groups -OCH3 is 1. The van der Waals surface area contributed by atoms with E-state index in [1.54, 1.807) is 23.8 Å². The number of ether oxygens (including phenoxy) is 1. The molecule has 1 aromatic carbocycles. The normalized spacial score (nSPS) is 20.8. The predicted molar refractivity (Wildman–Crippen MR) is 94.9 cm³/mol. The minimum Gasteiger partial charge on any atom is -0.496 e.